The number of thiophene rings is 1. The van der Waals surface area contributed by atoms with Crippen LogP contribution in [0, 0.1) is 6.92 Å². The number of hydrogen-bond acceptors (Lipinski definition) is 4. The average Bonchev–Trinajstić information content (AvgIpc) is 2.98. The van der Waals surface area contributed by atoms with Gasteiger partial charge in [0.05, 0.1) is 16.3 Å². The van der Waals surface area contributed by atoms with E-state index in [0.717, 1.165) is 11.3 Å². The van der Waals surface area contributed by atoms with E-state index in [0.29, 0.717) is 26.3 Å². The normalized spacial score (nSPS) is 11.0. The molecule has 0 unspecified atom stereocenters. The van der Waals surface area contributed by atoms with Gasteiger partial charge in [0, 0.05) is 17.0 Å². The maximum absolute atomic E-state index is 13.0. The number of hydrogen-bond donors (Lipinski definition) is 1. The van der Waals surface area contributed by atoms with Crippen LogP contribution in [0.25, 0.3) is 15.9 Å². The maximum Gasteiger partial charge on any atom is 0.256 e. The molecule has 0 aliphatic rings. The maximum atomic E-state index is 13.0. The molecule has 0 amide bonds. The van der Waals surface area contributed by atoms with Crippen LogP contribution in [-0.2, 0) is 0 Å². The molecule has 2 heterocycles. The minimum Gasteiger partial charge on any atom is -0.390 e. The third kappa shape index (κ3) is 2.62. The molecule has 0 radical (unpaired) electrons. The number of pyridine rings is 1. The number of nitrogen functional groups attached to an aromatic ring is 1. The van der Waals surface area contributed by atoms with Crippen LogP contribution < -0.4 is 11.3 Å². The van der Waals surface area contributed by atoms with E-state index in [1.165, 1.54) is 17.4 Å². The molecular weight excluding hydrogens is 344 g/mol. The Morgan fingerprint density at radius 1 is 0.962 bits per heavy atom. The molecule has 26 heavy (non-hydrogen) atoms. The fourth-order valence-electron chi connectivity index (χ4n) is 3.00. The summed E-state index contributed by atoms with van der Waals surface area (Å²) in [5.74, 6) is -0.132. The first-order valence-electron chi connectivity index (χ1n) is 8.17. The van der Waals surface area contributed by atoms with Gasteiger partial charge in [0.25, 0.3) is 5.56 Å². The second-order valence-corrected chi connectivity index (χ2v) is 7.13. The molecule has 0 aliphatic carbocycles. The van der Waals surface area contributed by atoms with E-state index >= 15 is 0 Å². The number of carbonyl (C=O) groups is 1. The van der Waals surface area contributed by atoms with E-state index in [4.69, 9.17) is 5.73 Å². The zero-order chi connectivity index (χ0) is 18.3. The highest BCUT2D eigenvalue weighted by molar-refractivity contribution is 7.22. The lowest BCUT2D eigenvalue weighted by Crippen LogP contribution is -2.16. The highest BCUT2D eigenvalue weighted by Gasteiger charge is 2.21. The molecule has 5 heteroatoms. The number of aromatic nitrogens is 1. The smallest absolute Gasteiger partial charge is 0.256 e. The predicted octanol–water partition coefficient (Wildman–Crippen LogP) is 4.17. The first-order valence-corrected chi connectivity index (χ1v) is 8.99. The summed E-state index contributed by atoms with van der Waals surface area (Å²) in [6, 6.07) is 19.9. The van der Waals surface area contributed by atoms with Crippen molar-refractivity contribution in [1.82, 2.24) is 4.57 Å². The van der Waals surface area contributed by atoms with E-state index < -0.39 is 0 Å². The van der Waals surface area contributed by atoms with Gasteiger partial charge in [0.2, 0.25) is 0 Å². The standard InChI is InChI=1S/C21H16N2O2S/c1-13-7-9-14(10-8-13)19(25)18-16-11-12-17(24)23(21(16)26-20(18)22)15-5-3-2-4-6-15/h2-12H,22H2,1H3. The van der Waals surface area contributed by atoms with Crippen LogP contribution in [-0.4, -0.2) is 10.4 Å². The lowest BCUT2D eigenvalue weighted by molar-refractivity contribution is 0.104. The predicted molar refractivity (Wildman–Crippen MR) is 106 cm³/mol. The highest BCUT2D eigenvalue weighted by Crippen LogP contribution is 2.35. The quantitative estimate of drug-likeness (QED) is 0.558. The van der Waals surface area contributed by atoms with Crippen LogP contribution in [0.4, 0.5) is 5.00 Å². The molecule has 2 aromatic carbocycles. The van der Waals surface area contributed by atoms with Crippen molar-refractivity contribution in [3.05, 3.63) is 93.8 Å². The third-order valence-corrected chi connectivity index (χ3v) is 5.34. The van der Waals surface area contributed by atoms with Gasteiger partial charge in [-0.3, -0.25) is 14.2 Å². The summed E-state index contributed by atoms with van der Waals surface area (Å²) in [6.45, 7) is 1.97. The number of nitrogens with two attached hydrogens (primary N) is 1. The number of para-hydroxylation sites is 1. The van der Waals surface area contributed by atoms with Gasteiger partial charge in [-0.2, -0.15) is 0 Å². The summed E-state index contributed by atoms with van der Waals surface area (Å²) in [4.78, 5) is 26.2. The van der Waals surface area contributed by atoms with E-state index in [1.54, 1.807) is 22.8 Å². The van der Waals surface area contributed by atoms with Gasteiger partial charge < -0.3 is 5.73 Å². The molecule has 0 saturated carbocycles. The number of rotatable bonds is 3. The SMILES string of the molecule is Cc1ccc(C(=O)c2c(N)sc3c2ccc(=O)n3-c2ccccc2)cc1. The molecule has 0 aliphatic heterocycles. The van der Waals surface area contributed by atoms with E-state index in [2.05, 4.69) is 0 Å². The summed E-state index contributed by atoms with van der Waals surface area (Å²) < 4.78 is 1.60. The van der Waals surface area contributed by atoms with E-state index in [-0.39, 0.29) is 11.3 Å². The Kier molecular flexibility index (Phi) is 3.93. The van der Waals surface area contributed by atoms with Crippen molar-refractivity contribution in [1.29, 1.82) is 0 Å². The van der Waals surface area contributed by atoms with Gasteiger partial charge >= 0.3 is 0 Å². The summed E-state index contributed by atoms with van der Waals surface area (Å²) in [5, 5.41) is 1.11. The lowest BCUT2D eigenvalue weighted by atomic mass is 10.0. The van der Waals surface area contributed by atoms with Gasteiger partial charge in [-0.05, 0) is 25.1 Å². The molecule has 2 N–H and O–H groups in total. The van der Waals surface area contributed by atoms with Crippen molar-refractivity contribution >= 4 is 32.3 Å². The molecule has 2 aromatic heterocycles. The van der Waals surface area contributed by atoms with Crippen LogP contribution in [0.2, 0.25) is 0 Å². The number of nitrogens with zero attached hydrogens (tertiary/aromatic N) is 1. The van der Waals surface area contributed by atoms with Gasteiger partial charge in [-0.1, -0.05) is 59.4 Å². The van der Waals surface area contributed by atoms with Gasteiger partial charge in [-0.25, -0.2) is 0 Å². The number of benzene rings is 2. The number of aryl methyl sites for hydroxylation is 1. The molecular formula is C21H16N2O2S. The van der Waals surface area contributed by atoms with Crippen molar-refractivity contribution in [3.8, 4) is 5.69 Å². The fourth-order valence-corrected chi connectivity index (χ4v) is 4.08. The topological polar surface area (TPSA) is 65.1 Å². The monoisotopic (exact) mass is 360 g/mol. The van der Waals surface area contributed by atoms with E-state index in [1.807, 2.05) is 49.4 Å². The average molecular weight is 360 g/mol. The summed E-state index contributed by atoms with van der Waals surface area (Å²) in [6.07, 6.45) is 0. The Morgan fingerprint density at radius 3 is 2.35 bits per heavy atom. The Balaban J connectivity index is 1.96. The zero-order valence-electron chi connectivity index (χ0n) is 14.1. The first kappa shape index (κ1) is 16.3. The second-order valence-electron chi connectivity index (χ2n) is 6.10. The Morgan fingerprint density at radius 2 is 1.65 bits per heavy atom. The third-order valence-electron chi connectivity index (χ3n) is 4.32. The molecule has 4 rings (SSSR count). The second kappa shape index (κ2) is 6.28. The van der Waals surface area contributed by atoms with E-state index in [9.17, 15) is 9.59 Å². The van der Waals surface area contributed by atoms with Crippen LogP contribution in [0.3, 0.4) is 0 Å². The number of fused-ring (bicyclic) bond motifs is 1. The van der Waals surface area contributed by atoms with Crippen molar-refractivity contribution in [2.24, 2.45) is 0 Å². The fraction of sp³-hybridized carbons (Fsp3) is 0.0476. The molecule has 4 aromatic rings. The molecule has 0 spiro atoms. The number of anilines is 1. The van der Waals surface area contributed by atoms with Crippen molar-refractivity contribution in [3.63, 3.8) is 0 Å². The zero-order valence-corrected chi connectivity index (χ0v) is 14.9. The van der Waals surface area contributed by atoms with Crippen LogP contribution >= 0.6 is 11.3 Å². The molecule has 0 saturated heterocycles. The minimum atomic E-state index is -0.153. The first-order chi connectivity index (χ1) is 12.6. The Hall–Kier alpha value is -3.18. The van der Waals surface area contributed by atoms with Crippen LogP contribution in [0.5, 0.6) is 0 Å². The van der Waals surface area contributed by atoms with Crippen molar-refractivity contribution in [2.45, 2.75) is 6.92 Å². The lowest BCUT2D eigenvalue weighted by Gasteiger charge is -2.07. The Labute approximate surface area is 154 Å². The van der Waals surface area contributed by atoms with Crippen molar-refractivity contribution < 1.29 is 4.79 Å². The van der Waals surface area contributed by atoms with Gasteiger partial charge in [0.1, 0.15) is 4.83 Å². The van der Waals surface area contributed by atoms with Crippen LogP contribution in [0.1, 0.15) is 21.5 Å². The van der Waals surface area contributed by atoms with Crippen LogP contribution in [0.15, 0.2) is 71.5 Å². The summed E-state index contributed by atoms with van der Waals surface area (Å²) in [7, 11) is 0. The molecule has 4 nitrogen and oxygen atoms in total. The molecule has 0 fully saturated rings. The van der Waals surface area contributed by atoms with Gasteiger partial charge in [-0.15, -0.1) is 0 Å². The number of ketones is 1. The Bertz CT molecular complexity index is 1170. The molecule has 128 valence electrons. The molecule has 0 atom stereocenters. The molecule has 0 bridgehead atoms. The van der Waals surface area contributed by atoms with Crippen molar-refractivity contribution in [2.75, 3.05) is 5.73 Å². The summed E-state index contributed by atoms with van der Waals surface area (Å²) in [5.41, 5.74) is 8.92. The summed E-state index contributed by atoms with van der Waals surface area (Å²) >= 11 is 1.26. The number of carbonyl (C=O) groups excluding carboxylic acids is 1. The largest absolute Gasteiger partial charge is 0.390 e. The van der Waals surface area contributed by atoms with Gasteiger partial charge in [0.15, 0.2) is 5.78 Å². The highest BCUT2D eigenvalue weighted by atomic mass is 32.1. The minimum absolute atomic E-state index is 0.132.